The van der Waals surface area contributed by atoms with E-state index in [9.17, 15) is 4.79 Å². The molecular weight excluding hydrogens is 304 g/mol. The van der Waals surface area contributed by atoms with E-state index in [0.717, 1.165) is 27.8 Å². The molecule has 1 amide bonds. The van der Waals surface area contributed by atoms with Crippen LogP contribution in [0.2, 0.25) is 0 Å². The summed E-state index contributed by atoms with van der Waals surface area (Å²) < 4.78 is 10.8. The van der Waals surface area contributed by atoms with E-state index in [0.29, 0.717) is 11.4 Å². The number of pyridine rings is 1. The quantitative estimate of drug-likeness (QED) is 0.792. The SMILES string of the molecule is COc1ccc(-c2ccc(NC(C)=O)c3ncccc23)c(OC)c1. The van der Waals surface area contributed by atoms with E-state index in [1.54, 1.807) is 20.4 Å². The summed E-state index contributed by atoms with van der Waals surface area (Å²) >= 11 is 0. The third-order valence-electron chi connectivity index (χ3n) is 3.78. The molecule has 0 atom stereocenters. The van der Waals surface area contributed by atoms with Crippen LogP contribution in [0, 0.1) is 0 Å². The third kappa shape index (κ3) is 2.88. The van der Waals surface area contributed by atoms with Crippen molar-refractivity contribution in [3.8, 4) is 22.6 Å². The Bertz CT molecular complexity index is 906. The van der Waals surface area contributed by atoms with Crippen LogP contribution in [0.25, 0.3) is 22.0 Å². The molecule has 2 aromatic carbocycles. The highest BCUT2D eigenvalue weighted by molar-refractivity contribution is 6.05. The van der Waals surface area contributed by atoms with E-state index < -0.39 is 0 Å². The largest absolute Gasteiger partial charge is 0.497 e. The molecule has 122 valence electrons. The molecule has 24 heavy (non-hydrogen) atoms. The Labute approximate surface area is 140 Å². The maximum atomic E-state index is 11.4. The molecule has 1 aromatic heterocycles. The van der Waals surface area contributed by atoms with Crippen LogP contribution < -0.4 is 14.8 Å². The number of nitrogens with one attached hydrogen (secondary N) is 1. The number of ether oxygens (including phenoxy) is 2. The minimum atomic E-state index is -0.128. The Morgan fingerprint density at radius 3 is 2.54 bits per heavy atom. The molecule has 1 heterocycles. The number of hydrogen-bond acceptors (Lipinski definition) is 4. The first-order chi connectivity index (χ1) is 11.6. The summed E-state index contributed by atoms with van der Waals surface area (Å²) in [6.07, 6.45) is 1.71. The van der Waals surface area contributed by atoms with Crippen molar-refractivity contribution in [2.24, 2.45) is 0 Å². The zero-order valence-corrected chi connectivity index (χ0v) is 13.8. The summed E-state index contributed by atoms with van der Waals surface area (Å²) in [6, 6.07) is 13.4. The second-order valence-corrected chi connectivity index (χ2v) is 5.31. The van der Waals surface area contributed by atoms with Crippen molar-refractivity contribution >= 4 is 22.5 Å². The maximum absolute atomic E-state index is 11.4. The maximum Gasteiger partial charge on any atom is 0.221 e. The smallest absolute Gasteiger partial charge is 0.221 e. The predicted molar refractivity (Wildman–Crippen MR) is 94.6 cm³/mol. The lowest BCUT2D eigenvalue weighted by Gasteiger charge is -2.14. The van der Waals surface area contributed by atoms with Gasteiger partial charge in [-0.05, 0) is 29.8 Å². The molecule has 0 radical (unpaired) electrons. The van der Waals surface area contributed by atoms with E-state index in [4.69, 9.17) is 9.47 Å². The molecule has 0 saturated heterocycles. The molecule has 3 rings (SSSR count). The molecule has 0 fully saturated rings. The lowest BCUT2D eigenvalue weighted by Crippen LogP contribution is -2.06. The number of aromatic nitrogens is 1. The minimum absolute atomic E-state index is 0.128. The van der Waals surface area contributed by atoms with Gasteiger partial charge in [0.15, 0.2) is 0 Å². The van der Waals surface area contributed by atoms with Gasteiger partial charge in [0.1, 0.15) is 11.5 Å². The van der Waals surface area contributed by atoms with Crippen LogP contribution in [-0.2, 0) is 4.79 Å². The normalized spacial score (nSPS) is 10.5. The van der Waals surface area contributed by atoms with Crippen molar-refractivity contribution in [2.45, 2.75) is 6.92 Å². The van der Waals surface area contributed by atoms with Crippen LogP contribution in [0.3, 0.4) is 0 Å². The molecular formula is C19H18N2O3. The lowest BCUT2D eigenvalue weighted by atomic mass is 9.98. The van der Waals surface area contributed by atoms with Gasteiger partial charge in [-0.15, -0.1) is 0 Å². The summed E-state index contributed by atoms with van der Waals surface area (Å²) in [5, 5.41) is 3.76. The third-order valence-corrected chi connectivity index (χ3v) is 3.78. The zero-order valence-electron chi connectivity index (χ0n) is 13.8. The summed E-state index contributed by atoms with van der Waals surface area (Å²) in [6.45, 7) is 1.48. The fourth-order valence-electron chi connectivity index (χ4n) is 2.72. The number of carbonyl (C=O) groups is 1. The van der Waals surface area contributed by atoms with Crippen LogP contribution in [0.15, 0.2) is 48.7 Å². The van der Waals surface area contributed by atoms with Gasteiger partial charge in [-0.25, -0.2) is 0 Å². The monoisotopic (exact) mass is 322 g/mol. The molecule has 0 aliphatic heterocycles. The number of methoxy groups -OCH3 is 2. The summed E-state index contributed by atoms with van der Waals surface area (Å²) in [5.74, 6) is 1.32. The molecule has 0 bridgehead atoms. The summed E-state index contributed by atoms with van der Waals surface area (Å²) in [7, 11) is 3.25. The van der Waals surface area contributed by atoms with Gasteiger partial charge in [0.2, 0.25) is 5.91 Å². The van der Waals surface area contributed by atoms with Crippen LogP contribution in [-0.4, -0.2) is 25.1 Å². The summed E-state index contributed by atoms with van der Waals surface area (Å²) in [5.41, 5.74) is 3.34. The number of carbonyl (C=O) groups excluding carboxylic acids is 1. The van der Waals surface area contributed by atoms with Crippen molar-refractivity contribution in [1.29, 1.82) is 0 Å². The van der Waals surface area contributed by atoms with Gasteiger partial charge in [-0.3, -0.25) is 9.78 Å². The highest BCUT2D eigenvalue weighted by Gasteiger charge is 2.13. The number of amides is 1. The second kappa shape index (κ2) is 6.58. The van der Waals surface area contributed by atoms with E-state index in [1.165, 1.54) is 6.92 Å². The topological polar surface area (TPSA) is 60.5 Å². The van der Waals surface area contributed by atoms with Crippen LogP contribution in [0.1, 0.15) is 6.92 Å². The Morgan fingerprint density at radius 2 is 1.83 bits per heavy atom. The average molecular weight is 322 g/mol. The van der Waals surface area contributed by atoms with Gasteiger partial charge in [0, 0.05) is 30.1 Å². The highest BCUT2D eigenvalue weighted by Crippen LogP contribution is 2.38. The van der Waals surface area contributed by atoms with E-state index in [-0.39, 0.29) is 5.91 Å². The number of anilines is 1. The Kier molecular flexibility index (Phi) is 4.33. The average Bonchev–Trinajstić information content (AvgIpc) is 2.61. The first-order valence-corrected chi connectivity index (χ1v) is 7.51. The fourth-order valence-corrected chi connectivity index (χ4v) is 2.72. The predicted octanol–water partition coefficient (Wildman–Crippen LogP) is 3.88. The first kappa shape index (κ1) is 15.8. The van der Waals surface area contributed by atoms with Crippen molar-refractivity contribution in [3.05, 3.63) is 48.7 Å². The minimum Gasteiger partial charge on any atom is -0.497 e. The molecule has 5 nitrogen and oxygen atoms in total. The Balaban J connectivity index is 2.23. The van der Waals surface area contributed by atoms with Gasteiger partial charge < -0.3 is 14.8 Å². The highest BCUT2D eigenvalue weighted by atomic mass is 16.5. The van der Waals surface area contributed by atoms with Crippen molar-refractivity contribution in [2.75, 3.05) is 19.5 Å². The number of hydrogen-bond donors (Lipinski definition) is 1. The molecule has 0 aliphatic carbocycles. The number of rotatable bonds is 4. The van der Waals surface area contributed by atoms with Gasteiger partial charge in [0.05, 0.1) is 25.4 Å². The fraction of sp³-hybridized carbons (Fsp3) is 0.158. The lowest BCUT2D eigenvalue weighted by molar-refractivity contribution is -0.114. The summed E-state index contributed by atoms with van der Waals surface area (Å²) in [4.78, 5) is 15.8. The van der Waals surface area contributed by atoms with Crippen LogP contribution in [0.5, 0.6) is 11.5 Å². The van der Waals surface area contributed by atoms with Gasteiger partial charge in [-0.1, -0.05) is 12.1 Å². The van der Waals surface area contributed by atoms with Gasteiger partial charge in [0.25, 0.3) is 0 Å². The molecule has 1 N–H and O–H groups in total. The molecule has 3 aromatic rings. The van der Waals surface area contributed by atoms with E-state index in [2.05, 4.69) is 10.3 Å². The molecule has 0 spiro atoms. The second-order valence-electron chi connectivity index (χ2n) is 5.31. The van der Waals surface area contributed by atoms with Crippen LogP contribution in [0.4, 0.5) is 5.69 Å². The molecule has 0 unspecified atom stereocenters. The van der Waals surface area contributed by atoms with Crippen LogP contribution >= 0.6 is 0 Å². The number of fused-ring (bicyclic) bond motifs is 1. The molecule has 0 aliphatic rings. The molecule has 5 heteroatoms. The van der Waals surface area contributed by atoms with Gasteiger partial charge >= 0.3 is 0 Å². The number of benzene rings is 2. The standard InChI is InChI=1S/C19H18N2O3/c1-12(22)21-17-9-8-14(16-5-4-10-20-19(16)17)15-7-6-13(23-2)11-18(15)24-3/h4-11H,1-3H3,(H,21,22). The first-order valence-electron chi connectivity index (χ1n) is 7.51. The number of nitrogens with zero attached hydrogens (tertiary/aromatic N) is 1. The van der Waals surface area contributed by atoms with E-state index in [1.807, 2.05) is 42.5 Å². The zero-order chi connectivity index (χ0) is 17.1. The molecule has 0 saturated carbocycles. The van der Waals surface area contributed by atoms with Crippen molar-refractivity contribution in [1.82, 2.24) is 4.98 Å². The Morgan fingerprint density at radius 1 is 1.04 bits per heavy atom. The Hall–Kier alpha value is -3.08. The van der Waals surface area contributed by atoms with Gasteiger partial charge in [-0.2, -0.15) is 0 Å². The van der Waals surface area contributed by atoms with Crippen molar-refractivity contribution < 1.29 is 14.3 Å². The van der Waals surface area contributed by atoms with E-state index >= 15 is 0 Å². The van der Waals surface area contributed by atoms with Crippen molar-refractivity contribution in [3.63, 3.8) is 0 Å².